The maximum Gasteiger partial charge on any atom is 0.260 e. The number of nitrogens with two attached hydrogens (primary N) is 1. The number of benzene rings is 1. The second-order valence-electron chi connectivity index (χ2n) is 7.87. The van der Waals surface area contributed by atoms with Gasteiger partial charge in [-0.05, 0) is 49.9 Å². The molecule has 31 heavy (non-hydrogen) atoms. The third-order valence-electron chi connectivity index (χ3n) is 5.47. The van der Waals surface area contributed by atoms with Gasteiger partial charge in [0.1, 0.15) is 5.82 Å². The van der Waals surface area contributed by atoms with Crippen molar-refractivity contribution in [2.45, 2.75) is 61.4 Å². The SMILES string of the molecule is NC(=O)CCc1nnc(S[C@@H]2CCCCN(C(=O)c3ccc(Cl)cc3)C2=O)n1C1CC1. The van der Waals surface area contributed by atoms with Crippen LogP contribution in [0.15, 0.2) is 29.4 Å². The Morgan fingerprint density at radius 2 is 1.87 bits per heavy atom. The fraction of sp³-hybridized carbons (Fsp3) is 0.476. The molecule has 8 nitrogen and oxygen atoms in total. The summed E-state index contributed by atoms with van der Waals surface area (Å²) in [6.45, 7) is 0.399. The highest BCUT2D eigenvalue weighted by Gasteiger charge is 2.35. The Balaban J connectivity index is 1.53. The fourth-order valence-electron chi connectivity index (χ4n) is 3.69. The summed E-state index contributed by atoms with van der Waals surface area (Å²) in [4.78, 5) is 38.8. The number of aryl methyl sites for hydroxylation is 1. The molecule has 2 N–H and O–H groups in total. The van der Waals surface area contributed by atoms with Crippen molar-refractivity contribution in [1.29, 1.82) is 0 Å². The second-order valence-corrected chi connectivity index (χ2v) is 9.48. The van der Waals surface area contributed by atoms with Crippen LogP contribution in [-0.2, 0) is 16.0 Å². The standard InChI is InChI=1S/C21H24ClN5O3S/c22-14-6-4-13(5-7-14)19(29)26-12-2-1-3-16(20(26)30)31-21-25-24-18(11-10-17(23)28)27(21)15-8-9-15/h4-7,15-16H,1-3,8-12H2,(H2,23,28)/t16-/m1/s1. The van der Waals surface area contributed by atoms with E-state index in [0.717, 1.165) is 31.5 Å². The van der Waals surface area contributed by atoms with E-state index in [-0.39, 0.29) is 24.1 Å². The van der Waals surface area contributed by atoms with Gasteiger partial charge in [0.2, 0.25) is 11.8 Å². The minimum atomic E-state index is -0.413. The maximum atomic E-state index is 13.3. The van der Waals surface area contributed by atoms with E-state index in [4.69, 9.17) is 17.3 Å². The summed E-state index contributed by atoms with van der Waals surface area (Å²) in [5.74, 6) is -0.166. The first-order valence-electron chi connectivity index (χ1n) is 10.4. The number of nitrogens with zero attached hydrogens (tertiary/aromatic N) is 4. The molecular weight excluding hydrogens is 438 g/mol. The third kappa shape index (κ3) is 5.10. The number of aromatic nitrogens is 3. The molecule has 1 atom stereocenters. The summed E-state index contributed by atoms with van der Waals surface area (Å²) in [6.07, 6.45) is 4.97. The molecule has 4 rings (SSSR count). The smallest absolute Gasteiger partial charge is 0.260 e. The van der Waals surface area contributed by atoms with Crippen LogP contribution in [0.25, 0.3) is 0 Å². The molecule has 0 radical (unpaired) electrons. The quantitative estimate of drug-likeness (QED) is 0.634. The number of imide groups is 1. The van der Waals surface area contributed by atoms with Gasteiger partial charge < -0.3 is 10.3 Å². The van der Waals surface area contributed by atoms with Crippen LogP contribution in [0.5, 0.6) is 0 Å². The molecular formula is C21H24ClN5O3S. The monoisotopic (exact) mass is 461 g/mol. The fourth-order valence-corrected chi connectivity index (χ4v) is 5.04. The third-order valence-corrected chi connectivity index (χ3v) is 6.93. The minimum absolute atomic E-state index is 0.202. The molecule has 0 unspecified atom stereocenters. The molecule has 2 aliphatic rings. The topological polar surface area (TPSA) is 111 Å². The van der Waals surface area contributed by atoms with Gasteiger partial charge in [0.15, 0.2) is 5.16 Å². The average Bonchev–Trinajstić information content (AvgIpc) is 3.53. The summed E-state index contributed by atoms with van der Waals surface area (Å²) in [5, 5.41) is 9.35. The molecule has 1 aromatic heterocycles. The van der Waals surface area contributed by atoms with E-state index in [0.29, 0.717) is 41.2 Å². The molecule has 1 saturated heterocycles. The summed E-state index contributed by atoms with van der Waals surface area (Å²) >= 11 is 7.28. The Labute approximate surface area is 189 Å². The minimum Gasteiger partial charge on any atom is -0.370 e. The van der Waals surface area contributed by atoms with Crippen molar-refractivity contribution in [3.05, 3.63) is 40.7 Å². The molecule has 10 heteroatoms. The van der Waals surface area contributed by atoms with Crippen LogP contribution in [0.1, 0.15) is 60.7 Å². The van der Waals surface area contributed by atoms with Crippen molar-refractivity contribution in [3.63, 3.8) is 0 Å². The number of likely N-dealkylation sites (tertiary alicyclic amines) is 1. The second kappa shape index (κ2) is 9.40. The molecule has 2 aromatic rings. The van der Waals surface area contributed by atoms with Gasteiger partial charge in [0.05, 0.1) is 5.25 Å². The predicted molar refractivity (Wildman–Crippen MR) is 117 cm³/mol. The van der Waals surface area contributed by atoms with Gasteiger partial charge in [0.25, 0.3) is 5.91 Å². The largest absolute Gasteiger partial charge is 0.370 e. The lowest BCUT2D eigenvalue weighted by Gasteiger charge is -2.22. The van der Waals surface area contributed by atoms with Gasteiger partial charge in [-0.1, -0.05) is 29.8 Å². The molecule has 3 amide bonds. The summed E-state index contributed by atoms with van der Waals surface area (Å²) < 4.78 is 2.04. The first-order chi connectivity index (χ1) is 14.9. The van der Waals surface area contributed by atoms with Gasteiger partial charge >= 0.3 is 0 Å². The highest BCUT2D eigenvalue weighted by molar-refractivity contribution is 8.00. The van der Waals surface area contributed by atoms with E-state index in [2.05, 4.69) is 10.2 Å². The lowest BCUT2D eigenvalue weighted by atomic mass is 10.2. The molecule has 2 fully saturated rings. The predicted octanol–water partition coefficient (Wildman–Crippen LogP) is 3.00. The molecule has 1 saturated carbocycles. The van der Waals surface area contributed by atoms with Gasteiger partial charge in [-0.2, -0.15) is 0 Å². The normalized spacial score (nSPS) is 19.3. The first-order valence-corrected chi connectivity index (χ1v) is 11.7. The van der Waals surface area contributed by atoms with Crippen LogP contribution in [-0.4, -0.2) is 49.2 Å². The van der Waals surface area contributed by atoms with E-state index >= 15 is 0 Å². The van der Waals surface area contributed by atoms with Gasteiger partial charge in [-0.25, -0.2) is 0 Å². The van der Waals surface area contributed by atoms with Crippen molar-refractivity contribution in [3.8, 4) is 0 Å². The number of amides is 3. The molecule has 164 valence electrons. The molecule has 1 aromatic carbocycles. The Morgan fingerprint density at radius 3 is 2.55 bits per heavy atom. The zero-order valence-electron chi connectivity index (χ0n) is 17.0. The summed E-state index contributed by atoms with van der Waals surface area (Å²) in [7, 11) is 0. The van der Waals surface area contributed by atoms with Gasteiger partial charge in [-0.3, -0.25) is 19.3 Å². The van der Waals surface area contributed by atoms with E-state index in [1.807, 2.05) is 4.57 Å². The number of hydrogen-bond acceptors (Lipinski definition) is 6. The molecule has 2 heterocycles. The number of rotatable bonds is 7. The zero-order valence-corrected chi connectivity index (χ0v) is 18.6. The highest BCUT2D eigenvalue weighted by atomic mass is 35.5. The number of carbonyl (C=O) groups is 3. The highest BCUT2D eigenvalue weighted by Crippen LogP contribution is 2.40. The Kier molecular flexibility index (Phi) is 6.62. The summed E-state index contributed by atoms with van der Waals surface area (Å²) in [5.41, 5.74) is 5.73. The van der Waals surface area contributed by atoms with E-state index in [1.165, 1.54) is 16.7 Å². The van der Waals surface area contributed by atoms with Gasteiger partial charge in [-0.15, -0.1) is 10.2 Å². The Hall–Kier alpha value is -2.39. The maximum absolute atomic E-state index is 13.3. The molecule has 0 spiro atoms. The van der Waals surface area contributed by atoms with Crippen molar-refractivity contribution in [1.82, 2.24) is 19.7 Å². The van der Waals surface area contributed by atoms with Crippen LogP contribution < -0.4 is 5.73 Å². The number of hydrogen-bond donors (Lipinski definition) is 1. The zero-order chi connectivity index (χ0) is 22.0. The van der Waals surface area contributed by atoms with Crippen LogP contribution in [0.4, 0.5) is 0 Å². The average molecular weight is 462 g/mol. The van der Waals surface area contributed by atoms with Crippen molar-refractivity contribution in [2.75, 3.05) is 6.54 Å². The van der Waals surface area contributed by atoms with Crippen molar-refractivity contribution < 1.29 is 14.4 Å². The van der Waals surface area contributed by atoms with Gasteiger partial charge in [0, 0.05) is 36.0 Å². The number of primary amides is 1. The number of halogens is 1. The number of carbonyl (C=O) groups excluding carboxylic acids is 3. The van der Waals surface area contributed by atoms with E-state index in [1.54, 1.807) is 24.3 Å². The lowest BCUT2D eigenvalue weighted by Crippen LogP contribution is -2.41. The van der Waals surface area contributed by atoms with E-state index < -0.39 is 5.25 Å². The molecule has 1 aliphatic heterocycles. The Bertz CT molecular complexity index is 989. The number of thioether (sulfide) groups is 1. The van der Waals surface area contributed by atoms with Crippen LogP contribution in [0.3, 0.4) is 0 Å². The Morgan fingerprint density at radius 1 is 1.13 bits per heavy atom. The molecule has 1 aliphatic carbocycles. The molecule has 0 bridgehead atoms. The van der Waals surface area contributed by atoms with Crippen molar-refractivity contribution in [2.24, 2.45) is 5.73 Å². The summed E-state index contributed by atoms with van der Waals surface area (Å²) in [6, 6.07) is 6.87. The van der Waals surface area contributed by atoms with Crippen LogP contribution in [0.2, 0.25) is 5.02 Å². The van der Waals surface area contributed by atoms with Crippen LogP contribution in [0, 0.1) is 0 Å². The first kappa shape index (κ1) is 21.8. The lowest BCUT2D eigenvalue weighted by molar-refractivity contribution is -0.127. The van der Waals surface area contributed by atoms with Crippen molar-refractivity contribution >= 4 is 41.1 Å². The van der Waals surface area contributed by atoms with E-state index in [9.17, 15) is 14.4 Å². The van der Waals surface area contributed by atoms with Crippen LogP contribution >= 0.6 is 23.4 Å².